The third kappa shape index (κ3) is 2.70. The van der Waals surface area contributed by atoms with Gasteiger partial charge in [-0.2, -0.15) is 4.39 Å². The van der Waals surface area contributed by atoms with Gasteiger partial charge in [-0.1, -0.05) is 15.9 Å². The molecule has 1 aromatic rings. The van der Waals surface area contributed by atoms with Crippen molar-refractivity contribution >= 4 is 21.9 Å². The fourth-order valence-electron chi connectivity index (χ4n) is 0.860. The summed E-state index contributed by atoms with van der Waals surface area (Å²) in [5.74, 6) is -1.44. The lowest BCUT2D eigenvalue weighted by molar-refractivity contribution is -0.153. The first-order valence-electron chi connectivity index (χ1n) is 3.80. The fraction of sp³-hybridized carbons (Fsp3) is 0.222. The topological polar surface area (TPSA) is 46.5 Å². The predicted molar refractivity (Wildman–Crippen MR) is 52.0 cm³/mol. The average Bonchev–Trinajstić information content (AvgIpc) is 2.11. The van der Waals surface area contributed by atoms with Gasteiger partial charge in [-0.25, -0.2) is 4.79 Å². The zero-order valence-corrected chi connectivity index (χ0v) is 8.92. The molecule has 1 aromatic carbocycles. The van der Waals surface area contributed by atoms with Gasteiger partial charge in [-0.15, -0.1) is 0 Å². The highest BCUT2D eigenvalue weighted by Crippen LogP contribution is 2.22. The maximum absolute atomic E-state index is 12.6. The van der Waals surface area contributed by atoms with Crippen LogP contribution in [0.25, 0.3) is 0 Å². The minimum Gasteiger partial charge on any atom is -0.476 e. The van der Waals surface area contributed by atoms with E-state index in [0.29, 0.717) is 0 Å². The molecule has 0 saturated heterocycles. The van der Waals surface area contributed by atoms with E-state index in [0.717, 1.165) is 10.0 Å². The summed E-state index contributed by atoms with van der Waals surface area (Å²) in [6.45, 7) is 1.80. The molecule has 1 rings (SSSR count). The summed E-state index contributed by atoms with van der Waals surface area (Å²) >= 11 is 3.26. The quantitative estimate of drug-likeness (QED) is 0.911. The molecule has 5 heteroatoms. The summed E-state index contributed by atoms with van der Waals surface area (Å²) in [6, 6.07) is 4.71. The standard InChI is InChI=1S/C9H8BrFO3/c1-5-4-6(2-3-7(5)10)14-8(11)9(12)13/h2-4,8H,1H3,(H,12,13). The van der Waals surface area contributed by atoms with Gasteiger partial charge in [0, 0.05) is 4.47 Å². The number of alkyl halides is 1. The SMILES string of the molecule is Cc1cc(OC(F)C(=O)O)ccc1Br. The van der Waals surface area contributed by atoms with E-state index in [1.54, 1.807) is 19.1 Å². The second-order valence-electron chi connectivity index (χ2n) is 2.68. The van der Waals surface area contributed by atoms with Gasteiger partial charge < -0.3 is 9.84 Å². The first-order valence-corrected chi connectivity index (χ1v) is 4.59. The van der Waals surface area contributed by atoms with Crippen LogP contribution in [0, 0.1) is 6.92 Å². The lowest BCUT2D eigenvalue weighted by Crippen LogP contribution is -2.21. The molecule has 0 saturated carbocycles. The molecule has 0 radical (unpaired) electrons. The number of halogens is 2. The van der Waals surface area contributed by atoms with E-state index in [4.69, 9.17) is 5.11 Å². The summed E-state index contributed by atoms with van der Waals surface area (Å²) in [6.07, 6.45) is -2.32. The lowest BCUT2D eigenvalue weighted by Gasteiger charge is -2.08. The number of aliphatic carboxylic acids is 1. The Kier molecular flexibility index (Phi) is 3.46. The zero-order valence-electron chi connectivity index (χ0n) is 7.33. The Morgan fingerprint density at radius 3 is 2.79 bits per heavy atom. The van der Waals surface area contributed by atoms with Gasteiger partial charge in [-0.3, -0.25) is 0 Å². The van der Waals surface area contributed by atoms with Gasteiger partial charge in [-0.05, 0) is 30.7 Å². The smallest absolute Gasteiger partial charge is 0.378 e. The fourth-order valence-corrected chi connectivity index (χ4v) is 1.11. The number of carboxylic acid groups (broad SMARTS) is 1. The lowest BCUT2D eigenvalue weighted by atomic mass is 10.2. The maximum Gasteiger partial charge on any atom is 0.378 e. The summed E-state index contributed by atoms with van der Waals surface area (Å²) < 4.78 is 18.0. The van der Waals surface area contributed by atoms with Crippen molar-refractivity contribution in [3.8, 4) is 5.75 Å². The molecule has 14 heavy (non-hydrogen) atoms. The minimum absolute atomic E-state index is 0.195. The summed E-state index contributed by atoms with van der Waals surface area (Å²) in [4.78, 5) is 10.1. The molecule has 0 spiro atoms. The molecule has 0 aromatic heterocycles. The molecular formula is C9H8BrFO3. The Labute approximate surface area is 88.6 Å². The predicted octanol–water partition coefficient (Wildman–Crippen LogP) is 2.52. The van der Waals surface area contributed by atoms with E-state index < -0.39 is 12.3 Å². The molecule has 0 aliphatic heterocycles. The van der Waals surface area contributed by atoms with Gasteiger partial charge >= 0.3 is 12.3 Å². The molecule has 0 amide bonds. The van der Waals surface area contributed by atoms with Crippen molar-refractivity contribution in [3.05, 3.63) is 28.2 Å². The van der Waals surface area contributed by atoms with E-state index in [1.807, 2.05) is 0 Å². The molecule has 3 nitrogen and oxygen atoms in total. The monoisotopic (exact) mass is 262 g/mol. The van der Waals surface area contributed by atoms with Crippen LogP contribution in [0.2, 0.25) is 0 Å². The highest BCUT2D eigenvalue weighted by molar-refractivity contribution is 9.10. The van der Waals surface area contributed by atoms with Crippen LogP contribution in [0.4, 0.5) is 4.39 Å². The Morgan fingerprint density at radius 2 is 2.29 bits per heavy atom. The van der Waals surface area contributed by atoms with Crippen molar-refractivity contribution in [3.63, 3.8) is 0 Å². The third-order valence-corrected chi connectivity index (χ3v) is 2.45. The Balaban J connectivity index is 2.78. The van der Waals surface area contributed by atoms with Crippen LogP contribution in [0.5, 0.6) is 5.75 Å². The molecule has 0 aliphatic carbocycles. The number of aryl methyl sites for hydroxylation is 1. The van der Waals surface area contributed by atoms with Crippen LogP contribution >= 0.6 is 15.9 Å². The molecule has 0 aliphatic rings. The number of carbonyl (C=O) groups is 1. The molecule has 76 valence electrons. The van der Waals surface area contributed by atoms with Crippen LogP contribution < -0.4 is 4.74 Å². The van der Waals surface area contributed by atoms with E-state index in [1.165, 1.54) is 6.07 Å². The highest BCUT2D eigenvalue weighted by Gasteiger charge is 2.17. The van der Waals surface area contributed by atoms with Gasteiger partial charge in [0.1, 0.15) is 5.75 Å². The number of hydrogen-bond acceptors (Lipinski definition) is 2. The number of hydrogen-bond donors (Lipinski definition) is 1. The largest absolute Gasteiger partial charge is 0.476 e. The first-order chi connectivity index (χ1) is 6.50. The van der Waals surface area contributed by atoms with Crippen molar-refractivity contribution in [2.75, 3.05) is 0 Å². The van der Waals surface area contributed by atoms with Gasteiger partial charge in [0.2, 0.25) is 0 Å². The van der Waals surface area contributed by atoms with E-state index in [9.17, 15) is 9.18 Å². The van der Waals surface area contributed by atoms with Crippen LogP contribution in [0.1, 0.15) is 5.56 Å². The van der Waals surface area contributed by atoms with E-state index in [2.05, 4.69) is 20.7 Å². The highest BCUT2D eigenvalue weighted by atomic mass is 79.9. The van der Waals surface area contributed by atoms with Crippen LogP contribution in [0.15, 0.2) is 22.7 Å². The van der Waals surface area contributed by atoms with Crippen molar-refractivity contribution < 1.29 is 19.0 Å². The number of ether oxygens (including phenoxy) is 1. The molecule has 0 fully saturated rings. The first kappa shape index (κ1) is 11.0. The van der Waals surface area contributed by atoms with Crippen LogP contribution in [-0.4, -0.2) is 17.4 Å². The summed E-state index contributed by atoms with van der Waals surface area (Å²) in [5, 5.41) is 8.26. The minimum atomic E-state index is -2.32. The zero-order chi connectivity index (χ0) is 10.7. The second kappa shape index (κ2) is 4.41. The molecule has 0 bridgehead atoms. The van der Waals surface area contributed by atoms with Crippen molar-refractivity contribution in [1.29, 1.82) is 0 Å². The number of benzene rings is 1. The average molecular weight is 263 g/mol. The molecule has 1 N–H and O–H groups in total. The number of rotatable bonds is 3. The third-order valence-electron chi connectivity index (χ3n) is 1.56. The van der Waals surface area contributed by atoms with Gasteiger partial charge in [0.15, 0.2) is 0 Å². The van der Waals surface area contributed by atoms with Crippen molar-refractivity contribution in [2.45, 2.75) is 13.3 Å². The maximum atomic E-state index is 12.6. The van der Waals surface area contributed by atoms with Crippen molar-refractivity contribution in [2.24, 2.45) is 0 Å². The molecular weight excluding hydrogens is 255 g/mol. The van der Waals surface area contributed by atoms with Gasteiger partial charge in [0.05, 0.1) is 0 Å². The summed E-state index contributed by atoms with van der Waals surface area (Å²) in [7, 11) is 0. The number of carboxylic acids is 1. The Morgan fingerprint density at radius 1 is 1.64 bits per heavy atom. The van der Waals surface area contributed by atoms with E-state index in [-0.39, 0.29) is 5.75 Å². The molecule has 1 unspecified atom stereocenters. The molecule has 0 heterocycles. The van der Waals surface area contributed by atoms with Crippen LogP contribution in [-0.2, 0) is 4.79 Å². The van der Waals surface area contributed by atoms with Gasteiger partial charge in [0.25, 0.3) is 0 Å². The van der Waals surface area contributed by atoms with Crippen LogP contribution in [0.3, 0.4) is 0 Å². The second-order valence-corrected chi connectivity index (χ2v) is 3.54. The normalized spacial score (nSPS) is 12.2. The molecule has 1 atom stereocenters. The van der Waals surface area contributed by atoms with Crippen molar-refractivity contribution in [1.82, 2.24) is 0 Å². The summed E-state index contributed by atoms with van der Waals surface area (Å²) in [5.41, 5.74) is 0.847. The Bertz CT molecular complexity index is 354. The van der Waals surface area contributed by atoms with E-state index >= 15 is 0 Å². The Hall–Kier alpha value is -1.10.